The molecule has 1 amide bonds. The van der Waals surface area contributed by atoms with E-state index in [-0.39, 0.29) is 5.91 Å². The molecule has 0 aromatic rings. The molecule has 0 aromatic carbocycles. The van der Waals surface area contributed by atoms with Crippen molar-refractivity contribution in [2.75, 3.05) is 13.1 Å². The van der Waals surface area contributed by atoms with Gasteiger partial charge < -0.3 is 10.6 Å². The smallest absolute Gasteiger partial charge is 0.217 e. The van der Waals surface area contributed by atoms with Gasteiger partial charge in [-0.2, -0.15) is 0 Å². The number of aliphatic imine (C=N–C) groups is 1. The van der Waals surface area contributed by atoms with E-state index in [1.54, 1.807) is 6.54 Å². The summed E-state index contributed by atoms with van der Waals surface area (Å²) in [4.78, 5) is 14.4. The number of carbonyl (C=O) groups excluding carboxylic acids is 1. The molecule has 55 valence electrons. The molecule has 1 aliphatic rings. The molecule has 0 atom stereocenters. The highest BCUT2D eigenvalue weighted by molar-refractivity contribution is 5.89. The predicted octanol–water partition coefficient (Wildman–Crippen LogP) is -0.714. The summed E-state index contributed by atoms with van der Waals surface area (Å²) in [5, 5.41) is 5.63. The van der Waals surface area contributed by atoms with Crippen LogP contribution in [0.1, 0.15) is 6.92 Å². The first-order chi connectivity index (χ1) is 4.79. The molecular weight excluding hydrogens is 130 g/mol. The van der Waals surface area contributed by atoms with Gasteiger partial charge >= 0.3 is 0 Å². The van der Waals surface area contributed by atoms with Gasteiger partial charge in [-0.1, -0.05) is 0 Å². The van der Waals surface area contributed by atoms with Crippen LogP contribution in [0.25, 0.3) is 0 Å². The molecule has 0 aromatic heterocycles. The zero-order chi connectivity index (χ0) is 7.40. The van der Waals surface area contributed by atoms with Crippen LogP contribution in [0.5, 0.6) is 0 Å². The molecule has 2 N–H and O–H groups in total. The van der Waals surface area contributed by atoms with Gasteiger partial charge in [0.25, 0.3) is 0 Å². The Morgan fingerprint density at radius 2 is 2.80 bits per heavy atom. The Balaban J connectivity index is 2.19. The number of rotatable bonds is 2. The first-order valence-corrected chi connectivity index (χ1v) is 3.15. The van der Waals surface area contributed by atoms with Crippen LogP contribution in [-0.4, -0.2) is 24.8 Å². The van der Waals surface area contributed by atoms with Crippen LogP contribution in [0.2, 0.25) is 0 Å². The fraction of sp³-hybridized carbons (Fsp3) is 0.500. The molecule has 0 bridgehead atoms. The third-order valence-corrected chi connectivity index (χ3v) is 1.15. The van der Waals surface area contributed by atoms with Gasteiger partial charge in [-0.3, -0.25) is 9.79 Å². The predicted molar refractivity (Wildman–Crippen MR) is 38.4 cm³/mol. The molecule has 0 aliphatic carbocycles. The normalized spacial score (nSPS) is 15.9. The van der Waals surface area contributed by atoms with Crippen molar-refractivity contribution in [2.45, 2.75) is 6.92 Å². The molecule has 0 spiro atoms. The SMILES string of the molecule is CC(=O)NCC1=N[CH]CN1. The maximum absolute atomic E-state index is 10.4. The highest BCUT2D eigenvalue weighted by Gasteiger charge is 2.03. The summed E-state index contributed by atoms with van der Waals surface area (Å²) in [7, 11) is 0. The second-order valence-electron chi connectivity index (χ2n) is 2.05. The summed E-state index contributed by atoms with van der Waals surface area (Å²) in [6.07, 6.45) is 0. The van der Waals surface area contributed by atoms with Crippen LogP contribution in [0.3, 0.4) is 0 Å². The van der Waals surface area contributed by atoms with Crippen LogP contribution >= 0.6 is 0 Å². The lowest BCUT2D eigenvalue weighted by atomic mass is 10.5. The second kappa shape index (κ2) is 3.20. The third kappa shape index (κ3) is 2.05. The van der Waals surface area contributed by atoms with E-state index in [9.17, 15) is 4.79 Å². The van der Waals surface area contributed by atoms with Crippen molar-refractivity contribution < 1.29 is 4.79 Å². The summed E-state index contributed by atoms with van der Waals surface area (Å²) >= 11 is 0. The van der Waals surface area contributed by atoms with Crippen LogP contribution in [0, 0.1) is 6.54 Å². The Morgan fingerprint density at radius 1 is 2.00 bits per heavy atom. The van der Waals surface area contributed by atoms with Crippen molar-refractivity contribution >= 4 is 11.7 Å². The zero-order valence-electron chi connectivity index (χ0n) is 5.85. The molecule has 1 aliphatic heterocycles. The van der Waals surface area contributed by atoms with Crippen LogP contribution in [-0.2, 0) is 4.79 Å². The largest absolute Gasteiger partial charge is 0.370 e. The van der Waals surface area contributed by atoms with Gasteiger partial charge in [0.15, 0.2) is 0 Å². The van der Waals surface area contributed by atoms with E-state index >= 15 is 0 Å². The van der Waals surface area contributed by atoms with Gasteiger partial charge in [-0.05, 0) is 0 Å². The first kappa shape index (κ1) is 7.05. The lowest BCUT2D eigenvalue weighted by Crippen LogP contribution is -2.33. The molecule has 0 saturated heterocycles. The minimum Gasteiger partial charge on any atom is -0.370 e. The van der Waals surface area contributed by atoms with Crippen molar-refractivity contribution in [3.05, 3.63) is 6.54 Å². The maximum Gasteiger partial charge on any atom is 0.217 e. The van der Waals surface area contributed by atoms with Gasteiger partial charge in [-0.25, -0.2) is 0 Å². The number of carbonyl (C=O) groups is 1. The molecule has 1 rings (SSSR count). The molecule has 4 nitrogen and oxygen atoms in total. The third-order valence-electron chi connectivity index (χ3n) is 1.15. The van der Waals surface area contributed by atoms with Gasteiger partial charge in [0, 0.05) is 13.5 Å². The van der Waals surface area contributed by atoms with Crippen molar-refractivity contribution in [2.24, 2.45) is 4.99 Å². The summed E-state index contributed by atoms with van der Waals surface area (Å²) in [5.74, 6) is 0.798. The molecule has 4 heteroatoms. The van der Waals surface area contributed by atoms with Crippen molar-refractivity contribution in [1.29, 1.82) is 0 Å². The van der Waals surface area contributed by atoms with Crippen LogP contribution < -0.4 is 10.6 Å². The van der Waals surface area contributed by atoms with E-state index < -0.39 is 0 Å². The highest BCUT2D eigenvalue weighted by Crippen LogP contribution is 1.87. The molecule has 0 unspecified atom stereocenters. The molecule has 1 heterocycles. The van der Waals surface area contributed by atoms with E-state index in [1.165, 1.54) is 6.92 Å². The van der Waals surface area contributed by atoms with Gasteiger partial charge in [0.1, 0.15) is 5.84 Å². The summed E-state index contributed by atoms with van der Waals surface area (Å²) < 4.78 is 0. The zero-order valence-corrected chi connectivity index (χ0v) is 5.85. The highest BCUT2D eigenvalue weighted by atomic mass is 16.1. The van der Waals surface area contributed by atoms with Crippen molar-refractivity contribution in [3.63, 3.8) is 0 Å². The minimum absolute atomic E-state index is 0.0311. The number of nitrogens with zero attached hydrogens (tertiary/aromatic N) is 1. The van der Waals surface area contributed by atoms with Crippen LogP contribution in [0.15, 0.2) is 4.99 Å². The Kier molecular flexibility index (Phi) is 2.25. The summed E-state index contributed by atoms with van der Waals surface area (Å²) in [5.41, 5.74) is 0. The Labute approximate surface area is 59.7 Å². The Morgan fingerprint density at radius 3 is 3.30 bits per heavy atom. The topological polar surface area (TPSA) is 53.5 Å². The lowest BCUT2D eigenvalue weighted by Gasteiger charge is -2.00. The number of amides is 1. The van der Waals surface area contributed by atoms with E-state index in [2.05, 4.69) is 15.6 Å². The van der Waals surface area contributed by atoms with E-state index in [4.69, 9.17) is 0 Å². The van der Waals surface area contributed by atoms with Crippen molar-refractivity contribution in [1.82, 2.24) is 10.6 Å². The summed E-state index contributed by atoms with van der Waals surface area (Å²) in [6.45, 7) is 4.54. The number of nitrogens with one attached hydrogen (secondary N) is 2. The monoisotopic (exact) mass is 140 g/mol. The minimum atomic E-state index is -0.0311. The first-order valence-electron chi connectivity index (χ1n) is 3.15. The standard InChI is InChI=1S/C6H10N3O/c1-5(10)9-4-6-7-2-3-8-6/h2H,3-4H2,1H3,(H,7,8)(H,9,10). The quantitative estimate of drug-likeness (QED) is 0.532. The average molecular weight is 140 g/mol. The molecule has 0 saturated carbocycles. The maximum atomic E-state index is 10.4. The molecule has 1 radical (unpaired) electrons. The lowest BCUT2D eigenvalue weighted by molar-refractivity contribution is -0.118. The van der Waals surface area contributed by atoms with Gasteiger partial charge in [-0.15, -0.1) is 0 Å². The molecule has 0 fully saturated rings. The molecular formula is C6H10N3O. The second-order valence-corrected chi connectivity index (χ2v) is 2.05. The number of hydrogen-bond donors (Lipinski definition) is 2. The van der Waals surface area contributed by atoms with Gasteiger partial charge in [0.2, 0.25) is 5.91 Å². The van der Waals surface area contributed by atoms with Gasteiger partial charge in [0.05, 0.1) is 13.1 Å². The Bertz CT molecular complexity index is 164. The Hall–Kier alpha value is -1.06. The number of hydrogen-bond acceptors (Lipinski definition) is 3. The fourth-order valence-corrected chi connectivity index (χ4v) is 0.681. The number of amidine groups is 1. The molecule has 10 heavy (non-hydrogen) atoms. The fourth-order valence-electron chi connectivity index (χ4n) is 0.681. The van der Waals surface area contributed by atoms with Crippen molar-refractivity contribution in [3.8, 4) is 0 Å². The average Bonchev–Trinajstić information content (AvgIpc) is 2.34. The van der Waals surface area contributed by atoms with Crippen LogP contribution in [0.4, 0.5) is 0 Å². The summed E-state index contributed by atoms with van der Waals surface area (Å²) in [6, 6.07) is 0. The van der Waals surface area contributed by atoms with E-state index in [0.29, 0.717) is 6.54 Å². The van der Waals surface area contributed by atoms with E-state index in [0.717, 1.165) is 12.4 Å². The van der Waals surface area contributed by atoms with E-state index in [1.807, 2.05) is 0 Å².